The highest BCUT2D eigenvalue weighted by atomic mass is 16.5. The average Bonchev–Trinajstić information content (AvgIpc) is 2.29. The van der Waals surface area contributed by atoms with Gasteiger partial charge in [0.1, 0.15) is 5.75 Å². The van der Waals surface area contributed by atoms with Gasteiger partial charge in [-0.2, -0.15) is 0 Å². The summed E-state index contributed by atoms with van der Waals surface area (Å²) in [6.07, 6.45) is 0.550. The molecule has 0 spiro atoms. The average molecular weight is 237 g/mol. The third-order valence-electron chi connectivity index (χ3n) is 2.41. The Morgan fingerprint density at radius 3 is 2.59 bits per heavy atom. The van der Waals surface area contributed by atoms with Gasteiger partial charge in [-0.15, -0.1) is 0 Å². The number of ether oxygens (including phenoxy) is 1. The van der Waals surface area contributed by atoms with Gasteiger partial charge < -0.3 is 15.2 Å². The molecule has 4 heteroatoms. The standard InChI is InChI=1S/C13H19NO3/c1-10(15)7-8-14-13(16)9-11-3-5-12(17-2)6-4-11/h3-6,10,15H,7-9H2,1-2H3,(H,14,16). The highest BCUT2D eigenvalue weighted by Gasteiger charge is 2.03. The van der Waals surface area contributed by atoms with E-state index in [0.717, 1.165) is 11.3 Å². The minimum atomic E-state index is -0.378. The first-order valence-electron chi connectivity index (χ1n) is 5.69. The third-order valence-corrected chi connectivity index (χ3v) is 2.41. The maximum absolute atomic E-state index is 11.5. The number of hydrogen-bond acceptors (Lipinski definition) is 3. The highest BCUT2D eigenvalue weighted by Crippen LogP contribution is 2.11. The van der Waals surface area contributed by atoms with Crippen molar-refractivity contribution >= 4 is 5.91 Å². The van der Waals surface area contributed by atoms with E-state index in [0.29, 0.717) is 19.4 Å². The molecular formula is C13H19NO3. The largest absolute Gasteiger partial charge is 0.497 e. The Morgan fingerprint density at radius 1 is 1.41 bits per heavy atom. The molecule has 1 rings (SSSR count). The zero-order valence-electron chi connectivity index (χ0n) is 10.3. The second-order valence-corrected chi connectivity index (χ2v) is 4.01. The minimum Gasteiger partial charge on any atom is -0.497 e. The van der Waals surface area contributed by atoms with Crippen LogP contribution in [0, 0.1) is 0 Å². The van der Waals surface area contributed by atoms with Crippen LogP contribution < -0.4 is 10.1 Å². The molecule has 0 bridgehead atoms. The molecule has 0 saturated carbocycles. The fraction of sp³-hybridized carbons (Fsp3) is 0.462. The van der Waals surface area contributed by atoms with Crippen LogP contribution in [0.1, 0.15) is 18.9 Å². The van der Waals surface area contributed by atoms with Crippen LogP contribution in [0.2, 0.25) is 0 Å². The van der Waals surface area contributed by atoms with Gasteiger partial charge in [-0.3, -0.25) is 4.79 Å². The van der Waals surface area contributed by atoms with E-state index >= 15 is 0 Å². The summed E-state index contributed by atoms with van der Waals surface area (Å²) in [4.78, 5) is 11.5. The highest BCUT2D eigenvalue weighted by molar-refractivity contribution is 5.78. The molecule has 94 valence electrons. The third kappa shape index (κ3) is 5.36. The molecule has 1 atom stereocenters. The second-order valence-electron chi connectivity index (χ2n) is 4.01. The Labute approximate surface area is 102 Å². The van der Waals surface area contributed by atoms with Gasteiger partial charge in [0.25, 0.3) is 0 Å². The van der Waals surface area contributed by atoms with Crippen molar-refractivity contribution < 1.29 is 14.6 Å². The number of aliphatic hydroxyl groups is 1. The molecule has 1 aromatic rings. The van der Waals surface area contributed by atoms with Crippen molar-refractivity contribution in [2.24, 2.45) is 0 Å². The van der Waals surface area contributed by atoms with E-state index in [-0.39, 0.29) is 12.0 Å². The van der Waals surface area contributed by atoms with E-state index in [9.17, 15) is 4.79 Å². The van der Waals surface area contributed by atoms with Gasteiger partial charge in [0, 0.05) is 6.54 Å². The van der Waals surface area contributed by atoms with Crippen molar-refractivity contribution in [2.45, 2.75) is 25.9 Å². The number of methoxy groups -OCH3 is 1. The van der Waals surface area contributed by atoms with Crippen LogP contribution in [-0.2, 0) is 11.2 Å². The van der Waals surface area contributed by atoms with Crippen LogP contribution in [0.5, 0.6) is 5.75 Å². The SMILES string of the molecule is COc1ccc(CC(=O)NCCC(C)O)cc1. The lowest BCUT2D eigenvalue weighted by molar-refractivity contribution is -0.120. The molecule has 0 aliphatic heterocycles. The molecule has 0 aliphatic rings. The zero-order valence-corrected chi connectivity index (χ0v) is 10.3. The molecular weight excluding hydrogens is 218 g/mol. The Balaban J connectivity index is 2.34. The molecule has 0 heterocycles. The van der Waals surface area contributed by atoms with Crippen LogP contribution in [0.3, 0.4) is 0 Å². The summed E-state index contributed by atoms with van der Waals surface area (Å²) >= 11 is 0. The van der Waals surface area contributed by atoms with Gasteiger partial charge in [-0.05, 0) is 31.0 Å². The number of carbonyl (C=O) groups is 1. The Hall–Kier alpha value is -1.55. The molecule has 0 radical (unpaired) electrons. The zero-order chi connectivity index (χ0) is 12.7. The molecule has 1 amide bonds. The second kappa shape index (κ2) is 6.91. The lowest BCUT2D eigenvalue weighted by Crippen LogP contribution is -2.27. The van der Waals surface area contributed by atoms with Crippen molar-refractivity contribution in [1.29, 1.82) is 0 Å². The lowest BCUT2D eigenvalue weighted by Gasteiger charge is -2.07. The summed E-state index contributed by atoms with van der Waals surface area (Å²) in [7, 11) is 1.61. The fourth-order valence-corrected chi connectivity index (χ4v) is 1.41. The predicted octanol–water partition coefficient (Wildman–Crippen LogP) is 1.12. The maximum Gasteiger partial charge on any atom is 0.224 e. The minimum absolute atomic E-state index is 0.0317. The van der Waals surface area contributed by atoms with Crippen LogP contribution >= 0.6 is 0 Å². The summed E-state index contributed by atoms with van der Waals surface area (Å²) in [6, 6.07) is 7.40. The van der Waals surface area contributed by atoms with Gasteiger partial charge in [0.05, 0.1) is 19.6 Å². The number of benzene rings is 1. The molecule has 17 heavy (non-hydrogen) atoms. The van der Waals surface area contributed by atoms with Crippen molar-refractivity contribution in [2.75, 3.05) is 13.7 Å². The molecule has 0 aliphatic carbocycles. The van der Waals surface area contributed by atoms with Crippen molar-refractivity contribution in [3.8, 4) is 5.75 Å². The molecule has 4 nitrogen and oxygen atoms in total. The van der Waals surface area contributed by atoms with E-state index in [4.69, 9.17) is 9.84 Å². The van der Waals surface area contributed by atoms with E-state index in [2.05, 4.69) is 5.32 Å². The first-order valence-corrected chi connectivity index (χ1v) is 5.69. The van der Waals surface area contributed by atoms with Crippen molar-refractivity contribution in [3.63, 3.8) is 0 Å². The number of hydrogen-bond donors (Lipinski definition) is 2. The summed E-state index contributed by atoms with van der Waals surface area (Å²) in [5, 5.41) is 11.8. The monoisotopic (exact) mass is 237 g/mol. The van der Waals surface area contributed by atoms with E-state index in [1.54, 1.807) is 14.0 Å². The maximum atomic E-state index is 11.5. The van der Waals surface area contributed by atoms with Gasteiger partial charge in [0.2, 0.25) is 5.91 Å². The van der Waals surface area contributed by atoms with Crippen molar-refractivity contribution in [1.82, 2.24) is 5.32 Å². The Bertz CT molecular complexity index is 346. The van der Waals surface area contributed by atoms with Gasteiger partial charge in [-0.25, -0.2) is 0 Å². The van der Waals surface area contributed by atoms with Crippen LogP contribution in [0.25, 0.3) is 0 Å². The summed E-state index contributed by atoms with van der Waals surface area (Å²) < 4.78 is 5.04. The molecule has 0 aromatic heterocycles. The number of carbonyl (C=O) groups excluding carboxylic acids is 1. The molecule has 1 aromatic carbocycles. The van der Waals surface area contributed by atoms with Gasteiger partial charge in [-0.1, -0.05) is 12.1 Å². The molecule has 2 N–H and O–H groups in total. The Morgan fingerprint density at radius 2 is 2.06 bits per heavy atom. The normalized spacial score (nSPS) is 11.9. The lowest BCUT2D eigenvalue weighted by atomic mass is 10.1. The summed E-state index contributed by atoms with van der Waals surface area (Å²) in [5.74, 6) is 0.749. The number of nitrogens with one attached hydrogen (secondary N) is 1. The first-order chi connectivity index (χ1) is 8.11. The molecule has 0 saturated heterocycles. The Kier molecular flexibility index (Phi) is 5.49. The van der Waals surface area contributed by atoms with Gasteiger partial charge >= 0.3 is 0 Å². The van der Waals surface area contributed by atoms with Crippen LogP contribution in [0.15, 0.2) is 24.3 Å². The number of amides is 1. The fourth-order valence-electron chi connectivity index (χ4n) is 1.41. The van der Waals surface area contributed by atoms with Crippen LogP contribution in [-0.4, -0.2) is 30.8 Å². The van der Waals surface area contributed by atoms with Gasteiger partial charge in [0.15, 0.2) is 0 Å². The number of aliphatic hydroxyl groups excluding tert-OH is 1. The summed E-state index contributed by atoms with van der Waals surface area (Å²) in [6.45, 7) is 2.21. The topological polar surface area (TPSA) is 58.6 Å². The first kappa shape index (κ1) is 13.5. The van der Waals surface area contributed by atoms with Crippen molar-refractivity contribution in [3.05, 3.63) is 29.8 Å². The molecule has 0 fully saturated rings. The van der Waals surface area contributed by atoms with E-state index in [1.807, 2.05) is 24.3 Å². The predicted molar refractivity (Wildman–Crippen MR) is 66.0 cm³/mol. The number of rotatable bonds is 6. The van der Waals surface area contributed by atoms with Crippen LogP contribution in [0.4, 0.5) is 0 Å². The van der Waals surface area contributed by atoms with E-state index in [1.165, 1.54) is 0 Å². The van der Waals surface area contributed by atoms with E-state index < -0.39 is 0 Å². The smallest absolute Gasteiger partial charge is 0.224 e. The quantitative estimate of drug-likeness (QED) is 0.779. The summed E-state index contributed by atoms with van der Waals surface area (Å²) in [5.41, 5.74) is 0.945. The molecule has 1 unspecified atom stereocenters.